The lowest BCUT2D eigenvalue weighted by molar-refractivity contribution is 0.271. The van der Waals surface area contributed by atoms with Gasteiger partial charge in [-0.15, -0.1) is 10.2 Å². The number of H-pyrrole nitrogens is 1. The number of aryl methyl sites for hydroxylation is 1. The molecule has 3 heterocycles. The molecule has 0 amide bonds. The molecule has 3 aromatic heterocycles. The summed E-state index contributed by atoms with van der Waals surface area (Å²) in [7, 11) is 0. The second-order valence-electron chi connectivity index (χ2n) is 7.94. The van der Waals surface area contributed by atoms with Crippen molar-refractivity contribution in [3.63, 3.8) is 0 Å². The topological polar surface area (TPSA) is 97.4 Å². The summed E-state index contributed by atoms with van der Waals surface area (Å²) in [6, 6.07) is 18.6. The SMILES string of the molecule is CCCCc1nc(Cl)c(CO)n1Cc1ccc(-n2c(-c3nn[nH]n3)cc3ccccc32)cc1. The van der Waals surface area contributed by atoms with Gasteiger partial charge in [-0.1, -0.05) is 55.3 Å². The van der Waals surface area contributed by atoms with Gasteiger partial charge in [0.15, 0.2) is 5.15 Å². The second kappa shape index (κ2) is 9.17. The van der Waals surface area contributed by atoms with Crippen molar-refractivity contribution in [2.45, 2.75) is 39.3 Å². The Hall–Kier alpha value is -3.49. The number of rotatable bonds is 8. The lowest BCUT2D eigenvalue weighted by Gasteiger charge is -2.13. The Balaban J connectivity index is 1.51. The number of hydrogen-bond donors (Lipinski definition) is 2. The minimum absolute atomic E-state index is 0.139. The van der Waals surface area contributed by atoms with Crippen LogP contribution in [0, 0.1) is 0 Å². The van der Waals surface area contributed by atoms with Crippen LogP contribution in [0.5, 0.6) is 0 Å². The highest BCUT2D eigenvalue weighted by Gasteiger charge is 2.17. The molecule has 0 saturated carbocycles. The van der Waals surface area contributed by atoms with E-state index in [-0.39, 0.29) is 6.61 Å². The van der Waals surface area contributed by atoms with Gasteiger partial charge >= 0.3 is 0 Å². The molecule has 9 heteroatoms. The van der Waals surface area contributed by atoms with E-state index in [1.807, 2.05) is 16.7 Å². The first-order valence-corrected chi connectivity index (χ1v) is 11.4. The number of aliphatic hydroxyl groups excluding tert-OH is 1. The lowest BCUT2D eigenvalue weighted by Crippen LogP contribution is -2.09. The summed E-state index contributed by atoms with van der Waals surface area (Å²) >= 11 is 6.30. The summed E-state index contributed by atoms with van der Waals surface area (Å²) in [4.78, 5) is 4.49. The molecule has 33 heavy (non-hydrogen) atoms. The van der Waals surface area contributed by atoms with E-state index < -0.39 is 0 Å². The maximum atomic E-state index is 9.84. The Morgan fingerprint density at radius 2 is 1.91 bits per heavy atom. The number of aliphatic hydroxyl groups is 1. The third-order valence-electron chi connectivity index (χ3n) is 5.83. The van der Waals surface area contributed by atoms with Crippen LogP contribution in [0.1, 0.15) is 36.8 Å². The minimum atomic E-state index is -0.139. The number of hydrogen-bond acceptors (Lipinski definition) is 5. The molecule has 0 radical (unpaired) electrons. The van der Waals surface area contributed by atoms with Gasteiger partial charge in [-0.05, 0) is 41.5 Å². The Kier molecular flexibility index (Phi) is 5.93. The molecule has 0 spiro atoms. The van der Waals surface area contributed by atoms with Crippen molar-refractivity contribution in [1.82, 2.24) is 34.7 Å². The molecular weight excluding hydrogens is 438 g/mol. The third-order valence-corrected chi connectivity index (χ3v) is 6.13. The summed E-state index contributed by atoms with van der Waals surface area (Å²) < 4.78 is 4.16. The van der Waals surface area contributed by atoms with Gasteiger partial charge in [-0.3, -0.25) is 0 Å². The zero-order chi connectivity index (χ0) is 22.8. The van der Waals surface area contributed by atoms with Gasteiger partial charge in [0.2, 0.25) is 5.82 Å². The van der Waals surface area contributed by atoms with Crippen molar-refractivity contribution < 1.29 is 5.11 Å². The van der Waals surface area contributed by atoms with E-state index in [2.05, 4.69) is 79.6 Å². The molecule has 0 saturated heterocycles. The number of nitrogens with zero attached hydrogens (tertiary/aromatic N) is 6. The van der Waals surface area contributed by atoms with Crippen LogP contribution in [0.2, 0.25) is 5.15 Å². The second-order valence-corrected chi connectivity index (χ2v) is 8.30. The van der Waals surface area contributed by atoms with E-state index >= 15 is 0 Å². The number of imidazole rings is 1. The fourth-order valence-electron chi connectivity index (χ4n) is 4.17. The number of nitrogens with one attached hydrogen (secondary N) is 1. The molecule has 5 rings (SSSR count). The van der Waals surface area contributed by atoms with E-state index in [0.29, 0.717) is 23.2 Å². The van der Waals surface area contributed by atoms with Crippen molar-refractivity contribution in [1.29, 1.82) is 0 Å². The Morgan fingerprint density at radius 1 is 1.09 bits per heavy atom. The minimum Gasteiger partial charge on any atom is -0.390 e. The van der Waals surface area contributed by atoms with Crippen molar-refractivity contribution in [2.24, 2.45) is 0 Å². The maximum Gasteiger partial charge on any atom is 0.221 e. The average molecular weight is 462 g/mol. The van der Waals surface area contributed by atoms with Crippen LogP contribution in [0.4, 0.5) is 0 Å². The number of benzene rings is 2. The lowest BCUT2D eigenvalue weighted by atomic mass is 10.2. The van der Waals surface area contributed by atoms with Crippen molar-refractivity contribution >= 4 is 22.5 Å². The van der Waals surface area contributed by atoms with E-state index in [4.69, 9.17) is 11.6 Å². The third kappa shape index (κ3) is 4.03. The average Bonchev–Trinajstić information content (AvgIpc) is 3.56. The molecule has 0 bridgehead atoms. The fraction of sp³-hybridized carbons (Fsp3) is 0.250. The van der Waals surface area contributed by atoms with E-state index in [1.165, 1.54) is 0 Å². The van der Waals surface area contributed by atoms with Crippen LogP contribution < -0.4 is 0 Å². The highest BCUT2D eigenvalue weighted by atomic mass is 35.5. The van der Waals surface area contributed by atoms with Gasteiger partial charge < -0.3 is 14.2 Å². The highest BCUT2D eigenvalue weighted by Crippen LogP contribution is 2.30. The largest absolute Gasteiger partial charge is 0.390 e. The summed E-state index contributed by atoms with van der Waals surface area (Å²) in [6.45, 7) is 2.60. The summed E-state index contributed by atoms with van der Waals surface area (Å²) in [5.41, 5.74) is 4.68. The van der Waals surface area contributed by atoms with Crippen molar-refractivity contribution in [3.05, 3.63) is 76.8 Å². The van der Waals surface area contributed by atoms with E-state index in [0.717, 1.165) is 52.9 Å². The Labute approximate surface area is 195 Å². The standard InChI is InChI=1S/C24H24ClN7O/c1-2-3-8-22-26-23(25)21(15-33)31(22)14-16-9-11-18(12-10-16)32-19-7-5-4-6-17(19)13-20(32)24-27-29-30-28-24/h4-7,9-13,33H,2-3,8,14-15H2,1H3,(H,27,28,29,30). The molecule has 168 valence electrons. The van der Waals surface area contributed by atoms with Crippen LogP contribution in [0.25, 0.3) is 28.1 Å². The molecule has 0 aliphatic heterocycles. The van der Waals surface area contributed by atoms with Gasteiger partial charge in [0.1, 0.15) is 5.82 Å². The van der Waals surface area contributed by atoms with Gasteiger partial charge in [-0.25, -0.2) is 4.98 Å². The zero-order valence-corrected chi connectivity index (χ0v) is 19.0. The monoisotopic (exact) mass is 461 g/mol. The van der Waals surface area contributed by atoms with Crippen LogP contribution in [-0.4, -0.2) is 39.8 Å². The maximum absolute atomic E-state index is 9.84. The van der Waals surface area contributed by atoms with Gasteiger partial charge in [0, 0.05) is 24.0 Å². The quantitative estimate of drug-likeness (QED) is 0.353. The molecule has 0 aliphatic rings. The fourth-order valence-corrected chi connectivity index (χ4v) is 4.43. The molecule has 5 aromatic rings. The number of halogens is 1. The summed E-state index contributed by atoms with van der Waals surface area (Å²) in [5.74, 6) is 1.45. The number of tetrazole rings is 1. The molecule has 0 aliphatic carbocycles. The number of aromatic amines is 1. The number of para-hydroxylation sites is 1. The van der Waals surface area contributed by atoms with Gasteiger partial charge in [0.25, 0.3) is 0 Å². The van der Waals surface area contributed by atoms with E-state index in [9.17, 15) is 5.11 Å². The Morgan fingerprint density at radius 3 is 2.64 bits per heavy atom. The number of aromatic nitrogens is 7. The van der Waals surface area contributed by atoms with Crippen LogP contribution in [0.3, 0.4) is 0 Å². The first-order valence-electron chi connectivity index (χ1n) is 11.0. The molecule has 2 aromatic carbocycles. The van der Waals surface area contributed by atoms with Crippen LogP contribution in [0.15, 0.2) is 54.6 Å². The molecule has 0 fully saturated rings. The normalized spacial score (nSPS) is 11.5. The van der Waals surface area contributed by atoms with Crippen LogP contribution >= 0.6 is 11.6 Å². The number of fused-ring (bicyclic) bond motifs is 1. The van der Waals surface area contributed by atoms with Gasteiger partial charge in [-0.2, -0.15) is 5.21 Å². The number of unbranched alkanes of at least 4 members (excludes halogenated alkanes) is 1. The van der Waals surface area contributed by atoms with Crippen LogP contribution in [-0.2, 0) is 19.6 Å². The summed E-state index contributed by atoms with van der Waals surface area (Å²) in [6.07, 6.45) is 2.93. The molecule has 8 nitrogen and oxygen atoms in total. The first kappa shape index (κ1) is 21.4. The first-order chi connectivity index (χ1) is 16.2. The zero-order valence-electron chi connectivity index (χ0n) is 18.2. The van der Waals surface area contributed by atoms with Gasteiger partial charge in [0.05, 0.1) is 23.5 Å². The smallest absolute Gasteiger partial charge is 0.221 e. The molecule has 0 atom stereocenters. The Bertz CT molecular complexity index is 1370. The van der Waals surface area contributed by atoms with E-state index in [1.54, 1.807) is 0 Å². The van der Waals surface area contributed by atoms with Crippen molar-refractivity contribution in [2.75, 3.05) is 0 Å². The van der Waals surface area contributed by atoms with Crippen molar-refractivity contribution in [3.8, 4) is 17.2 Å². The predicted molar refractivity (Wildman–Crippen MR) is 127 cm³/mol. The molecule has 0 unspecified atom stereocenters. The highest BCUT2D eigenvalue weighted by molar-refractivity contribution is 6.30. The predicted octanol–water partition coefficient (Wildman–Crippen LogP) is 4.54. The summed E-state index contributed by atoms with van der Waals surface area (Å²) in [5, 5.41) is 25.9. The molecule has 2 N–H and O–H groups in total. The molecular formula is C24H24ClN7O.